The number of aromatic nitrogens is 4. The second-order valence-corrected chi connectivity index (χ2v) is 8.15. The van der Waals surface area contributed by atoms with E-state index in [-0.39, 0.29) is 24.7 Å². The molecule has 1 aromatic carbocycles. The molecule has 0 bridgehead atoms. The van der Waals surface area contributed by atoms with Crippen molar-refractivity contribution in [1.82, 2.24) is 24.6 Å². The van der Waals surface area contributed by atoms with Gasteiger partial charge in [0.2, 0.25) is 15.9 Å². The Bertz CT molecular complexity index is 1190. The van der Waals surface area contributed by atoms with Crippen LogP contribution in [-0.2, 0) is 27.9 Å². The molecule has 29 heavy (non-hydrogen) atoms. The molecule has 0 atom stereocenters. The number of carbonyl (C=O) groups is 1. The van der Waals surface area contributed by atoms with Gasteiger partial charge >= 0.3 is 0 Å². The standard InChI is InChI=1S/C18H20N6O4S/c1-13-7-8-15(22-29(2,27)28)18(26)23(13)10-17(25)20-9-14-5-3-4-6-16(14)24-12-19-11-21-24/h3-8,11-12,22H,9-10H2,1-2H3,(H,20,25). The first-order chi connectivity index (χ1) is 13.7. The normalized spacial score (nSPS) is 11.2. The number of pyridine rings is 1. The van der Waals surface area contributed by atoms with Gasteiger partial charge < -0.3 is 9.88 Å². The summed E-state index contributed by atoms with van der Waals surface area (Å²) in [5.41, 5.74) is 1.43. The molecule has 10 nitrogen and oxygen atoms in total. The van der Waals surface area contributed by atoms with E-state index in [9.17, 15) is 18.0 Å². The molecule has 2 aromatic heterocycles. The van der Waals surface area contributed by atoms with Gasteiger partial charge in [-0.1, -0.05) is 18.2 Å². The lowest BCUT2D eigenvalue weighted by Crippen LogP contribution is -2.34. The van der Waals surface area contributed by atoms with Gasteiger partial charge in [0, 0.05) is 12.2 Å². The number of hydrogen-bond acceptors (Lipinski definition) is 6. The van der Waals surface area contributed by atoms with Crippen molar-refractivity contribution in [3.8, 4) is 5.69 Å². The summed E-state index contributed by atoms with van der Waals surface area (Å²) >= 11 is 0. The van der Waals surface area contributed by atoms with Crippen LogP contribution in [0.25, 0.3) is 5.69 Å². The summed E-state index contributed by atoms with van der Waals surface area (Å²) in [6.07, 6.45) is 3.93. The van der Waals surface area contributed by atoms with Crippen molar-refractivity contribution in [3.05, 3.63) is 70.7 Å². The number of anilines is 1. The van der Waals surface area contributed by atoms with E-state index in [0.29, 0.717) is 5.69 Å². The van der Waals surface area contributed by atoms with Crippen molar-refractivity contribution in [2.24, 2.45) is 0 Å². The van der Waals surface area contributed by atoms with Gasteiger partial charge in [-0.05, 0) is 30.7 Å². The Labute approximate surface area is 167 Å². The number of amides is 1. The van der Waals surface area contributed by atoms with Crippen molar-refractivity contribution in [3.63, 3.8) is 0 Å². The highest BCUT2D eigenvalue weighted by atomic mass is 32.2. The molecule has 0 unspecified atom stereocenters. The third-order valence-electron chi connectivity index (χ3n) is 4.12. The third kappa shape index (κ3) is 5.08. The molecule has 0 saturated heterocycles. The Morgan fingerprint density at radius 1 is 1.17 bits per heavy atom. The molecular formula is C18H20N6O4S. The minimum Gasteiger partial charge on any atom is -0.350 e. The van der Waals surface area contributed by atoms with Crippen LogP contribution < -0.4 is 15.6 Å². The molecule has 0 radical (unpaired) electrons. The molecular weight excluding hydrogens is 396 g/mol. The first-order valence-corrected chi connectivity index (χ1v) is 10.5. The lowest BCUT2D eigenvalue weighted by Gasteiger charge is -2.14. The largest absolute Gasteiger partial charge is 0.350 e. The first-order valence-electron chi connectivity index (χ1n) is 8.62. The van der Waals surface area contributed by atoms with E-state index < -0.39 is 15.6 Å². The van der Waals surface area contributed by atoms with E-state index in [2.05, 4.69) is 20.1 Å². The van der Waals surface area contributed by atoms with Crippen molar-refractivity contribution >= 4 is 21.6 Å². The van der Waals surface area contributed by atoms with Crippen LogP contribution in [0.2, 0.25) is 0 Å². The number of sulfonamides is 1. The van der Waals surface area contributed by atoms with E-state index in [1.165, 1.54) is 17.0 Å². The minimum absolute atomic E-state index is 0.109. The number of hydrogen-bond donors (Lipinski definition) is 2. The van der Waals surface area contributed by atoms with E-state index in [0.717, 1.165) is 17.5 Å². The fraction of sp³-hybridized carbons (Fsp3) is 0.222. The van der Waals surface area contributed by atoms with Gasteiger partial charge in [0.1, 0.15) is 24.9 Å². The Morgan fingerprint density at radius 3 is 2.62 bits per heavy atom. The lowest BCUT2D eigenvalue weighted by molar-refractivity contribution is -0.121. The molecule has 2 heterocycles. The highest BCUT2D eigenvalue weighted by molar-refractivity contribution is 7.92. The lowest BCUT2D eigenvalue weighted by atomic mass is 10.2. The number of rotatable bonds is 7. The second-order valence-electron chi connectivity index (χ2n) is 6.40. The topological polar surface area (TPSA) is 128 Å². The molecule has 0 aliphatic heterocycles. The maximum atomic E-state index is 12.5. The van der Waals surface area contributed by atoms with E-state index in [4.69, 9.17) is 0 Å². The van der Waals surface area contributed by atoms with Crippen LogP contribution in [0.1, 0.15) is 11.3 Å². The molecule has 152 valence electrons. The molecule has 2 N–H and O–H groups in total. The summed E-state index contributed by atoms with van der Waals surface area (Å²) in [5, 5.41) is 6.87. The minimum atomic E-state index is -3.61. The predicted octanol–water partition coefficient (Wildman–Crippen LogP) is 0.425. The van der Waals surface area contributed by atoms with E-state index >= 15 is 0 Å². The number of carbonyl (C=O) groups excluding carboxylic acids is 1. The zero-order valence-corrected chi connectivity index (χ0v) is 16.7. The molecule has 0 aliphatic rings. The summed E-state index contributed by atoms with van der Waals surface area (Å²) in [6, 6.07) is 10.3. The van der Waals surface area contributed by atoms with Crippen LogP contribution in [0.3, 0.4) is 0 Å². The summed E-state index contributed by atoms with van der Waals surface area (Å²) in [5.74, 6) is -0.389. The molecule has 3 rings (SSSR count). The van der Waals surface area contributed by atoms with Crippen molar-refractivity contribution in [2.75, 3.05) is 11.0 Å². The van der Waals surface area contributed by atoms with Crippen LogP contribution in [0.4, 0.5) is 5.69 Å². The number of benzene rings is 1. The van der Waals surface area contributed by atoms with Crippen LogP contribution in [0, 0.1) is 6.92 Å². The van der Waals surface area contributed by atoms with Gasteiger partial charge in [-0.25, -0.2) is 18.1 Å². The van der Waals surface area contributed by atoms with Gasteiger partial charge in [0.15, 0.2) is 0 Å². The van der Waals surface area contributed by atoms with E-state index in [1.807, 2.05) is 24.3 Å². The number of nitrogens with one attached hydrogen (secondary N) is 2. The van der Waals surface area contributed by atoms with Crippen LogP contribution in [0.15, 0.2) is 53.8 Å². The summed E-state index contributed by atoms with van der Waals surface area (Å²) < 4.78 is 27.8. The van der Waals surface area contributed by atoms with Gasteiger partial charge in [-0.3, -0.25) is 14.3 Å². The van der Waals surface area contributed by atoms with Gasteiger partial charge in [-0.15, -0.1) is 0 Å². The quantitative estimate of drug-likeness (QED) is 0.575. The monoisotopic (exact) mass is 416 g/mol. The molecule has 11 heteroatoms. The zero-order valence-electron chi connectivity index (χ0n) is 15.9. The zero-order chi connectivity index (χ0) is 21.0. The average Bonchev–Trinajstić information content (AvgIpc) is 3.20. The Balaban J connectivity index is 1.74. The van der Waals surface area contributed by atoms with E-state index in [1.54, 1.807) is 24.0 Å². The Hall–Kier alpha value is -3.47. The first kappa shape index (κ1) is 20.3. The second kappa shape index (κ2) is 8.27. The van der Waals surface area contributed by atoms with Crippen molar-refractivity contribution < 1.29 is 13.2 Å². The van der Waals surface area contributed by atoms with Crippen molar-refractivity contribution in [1.29, 1.82) is 0 Å². The maximum absolute atomic E-state index is 12.5. The highest BCUT2D eigenvalue weighted by Crippen LogP contribution is 2.12. The molecule has 0 aliphatic carbocycles. The average molecular weight is 416 g/mol. The van der Waals surface area contributed by atoms with Crippen LogP contribution in [0.5, 0.6) is 0 Å². The molecule has 1 amide bonds. The molecule has 3 aromatic rings. The van der Waals surface area contributed by atoms with Crippen LogP contribution >= 0.6 is 0 Å². The number of para-hydroxylation sites is 1. The number of aryl methyl sites for hydroxylation is 1. The highest BCUT2D eigenvalue weighted by Gasteiger charge is 2.13. The third-order valence-corrected chi connectivity index (χ3v) is 4.71. The smallest absolute Gasteiger partial charge is 0.275 e. The number of nitrogens with zero attached hydrogens (tertiary/aromatic N) is 4. The van der Waals surface area contributed by atoms with Crippen LogP contribution in [-0.4, -0.2) is 39.9 Å². The SMILES string of the molecule is Cc1ccc(NS(C)(=O)=O)c(=O)n1CC(=O)NCc1ccccc1-n1cncn1. The molecule has 0 spiro atoms. The predicted molar refractivity (Wildman–Crippen MR) is 107 cm³/mol. The maximum Gasteiger partial charge on any atom is 0.275 e. The molecule has 0 fully saturated rings. The fourth-order valence-electron chi connectivity index (χ4n) is 2.75. The van der Waals surface area contributed by atoms with Gasteiger partial charge in [-0.2, -0.15) is 5.10 Å². The Morgan fingerprint density at radius 2 is 1.93 bits per heavy atom. The van der Waals surface area contributed by atoms with Gasteiger partial charge in [0.25, 0.3) is 5.56 Å². The Kier molecular flexibility index (Phi) is 5.78. The molecule has 0 saturated carbocycles. The summed E-state index contributed by atoms with van der Waals surface area (Å²) in [6.45, 7) is 1.65. The van der Waals surface area contributed by atoms with Crippen molar-refractivity contribution in [2.45, 2.75) is 20.0 Å². The summed E-state index contributed by atoms with van der Waals surface area (Å²) in [7, 11) is -3.61. The summed E-state index contributed by atoms with van der Waals surface area (Å²) in [4.78, 5) is 28.9. The van der Waals surface area contributed by atoms with Gasteiger partial charge in [0.05, 0.1) is 11.9 Å². The fourth-order valence-corrected chi connectivity index (χ4v) is 3.31.